The van der Waals surface area contributed by atoms with Crippen LogP contribution in [-0.2, 0) is 4.74 Å². The van der Waals surface area contributed by atoms with E-state index >= 15 is 0 Å². The van der Waals surface area contributed by atoms with Crippen molar-refractivity contribution in [2.45, 2.75) is 12.6 Å². The minimum Gasteiger partial charge on any atom is -0.494 e. The van der Waals surface area contributed by atoms with Gasteiger partial charge in [0.15, 0.2) is 6.61 Å². The molecule has 1 rings (SSSR count). The number of carbonyl (C=O) groups is 1. The molecule has 0 aliphatic heterocycles. The largest absolute Gasteiger partial charge is 0.494 e. The van der Waals surface area contributed by atoms with Gasteiger partial charge in [-0.1, -0.05) is 18.2 Å². The van der Waals surface area contributed by atoms with Gasteiger partial charge >= 0.3 is 12.3 Å². The monoisotopic (exact) mass is 277 g/mol. The first-order valence-electron chi connectivity index (χ1n) is 5.62. The predicted molar refractivity (Wildman–Crippen MR) is 62.0 cm³/mol. The number of carbonyl (C=O) groups excluding carboxylic acids is 1. The minimum absolute atomic E-state index is 0.184. The van der Waals surface area contributed by atoms with Gasteiger partial charge in [-0.15, -0.1) is 0 Å². The number of amides is 1. The molecule has 0 saturated carbocycles. The maximum Gasteiger partial charge on any atom is 0.422 e. The fraction of sp³-hybridized carbons (Fsp3) is 0.417. The maximum absolute atomic E-state index is 11.7. The van der Waals surface area contributed by atoms with Gasteiger partial charge in [0.05, 0.1) is 6.61 Å². The number of alkyl halides is 3. The lowest BCUT2D eigenvalue weighted by molar-refractivity contribution is -0.160. The Hall–Kier alpha value is -1.92. The van der Waals surface area contributed by atoms with Gasteiger partial charge in [-0.05, 0) is 18.6 Å². The molecule has 7 heteroatoms. The molecule has 0 aliphatic carbocycles. The Morgan fingerprint density at radius 2 is 1.89 bits per heavy atom. The molecule has 4 nitrogen and oxygen atoms in total. The highest BCUT2D eigenvalue weighted by Crippen LogP contribution is 2.14. The van der Waals surface area contributed by atoms with Crippen LogP contribution in [0.1, 0.15) is 6.42 Å². The molecule has 0 fully saturated rings. The average molecular weight is 277 g/mol. The van der Waals surface area contributed by atoms with Crippen LogP contribution in [0.25, 0.3) is 0 Å². The van der Waals surface area contributed by atoms with Gasteiger partial charge in [-0.2, -0.15) is 13.2 Å². The molecule has 1 aromatic rings. The maximum atomic E-state index is 11.7. The molecule has 0 heterocycles. The van der Waals surface area contributed by atoms with Crippen molar-refractivity contribution in [1.82, 2.24) is 5.32 Å². The zero-order chi connectivity index (χ0) is 14.1. The average Bonchev–Trinajstić information content (AvgIpc) is 2.36. The number of hydrogen-bond donors (Lipinski definition) is 1. The third kappa shape index (κ3) is 7.91. The van der Waals surface area contributed by atoms with Gasteiger partial charge in [-0.3, -0.25) is 0 Å². The van der Waals surface area contributed by atoms with E-state index in [1.165, 1.54) is 0 Å². The molecule has 0 saturated heterocycles. The van der Waals surface area contributed by atoms with Gasteiger partial charge in [0.1, 0.15) is 5.75 Å². The summed E-state index contributed by atoms with van der Waals surface area (Å²) < 4.78 is 44.5. The Bertz CT molecular complexity index is 382. The number of benzene rings is 1. The Morgan fingerprint density at radius 3 is 2.53 bits per heavy atom. The topological polar surface area (TPSA) is 47.6 Å². The fourth-order valence-corrected chi connectivity index (χ4v) is 1.17. The summed E-state index contributed by atoms with van der Waals surface area (Å²) in [6.07, 6.45) is -5.12. The molecule has 0 aromatic heterocycles. The summed E-state index contributed by atoms with van der Waals surface area (Å²) in [4.78, 5) is 10.8. The molecule has 0 atom stereocenters. The van der Waals surface area contributed by atoms with Gasteiger partial charge in [0.2, 0.25) is 0 Å². The van der Waals surface area contributed by atoms with Crippen LogP contribution in [0.5, 0.6) is 5.75 Å². The summed E-state index contributed by atoms with van der Waals surface area (Å²) in [5, 5.41) is 2.20. The summed E-state index contributed by atoms with van der Waals surface area (Å²) in [6, 6.07) is 9.06. The number of ether oxygens (including phenoxy) is 2. The predicted octanol–water partition coefficient (Wildman–Crippen LogP) is 2.74. The van der Waals surface area contributed by atoms with Crippen molar-refractivity contribution < 1.29 is 27.4 Å². The van der Waals surface area contributed by atoms with Crippen LogP contribution in [-0.4, -0.2) is 32.0 Å². The van der Waals surface area contributed by atoms with Crippen LogP contribution in [0.2, 0.25) is 0 Å². The van der Waals surface area contributed by atoms with Crippen LogP contribution >= 0.6 is 0 Å². The number of rotatable bonds is 6. The Labute approximate surface area is 108 Å². The van der Waals surface area contributed by atoms with Gasteiger partial charge in [0.25, 0.3) is 0 Å². The molecule has 1 amide bonds. The lowest BCUT2D eigenvalue weighted by atomic mass is 10.3. The van der Waals surface area contributed by atoms with Crippen molar-refractivity contribution in [3.05, 3.63) is 30.3 Å². The van der Waals surface area contributed by atoms with E-state index in [-0.39, 0.29) is 6.54 Å². The molecule has 1 aromatic carbocycles. The van der Waals surface area contributed by atoms with E-state index in [0.29, 0.717) is 18.8 Å². The van der Waals surface area contributed by atoms with Gasteiger partial charge < -0.3 is 14.8 Å². The molecule has 0 radical (unpaired) electrons. The Morgan fingerprint density at radius 1 is 1.21 bits per heavy atom. The molecule has 19 heavy (non-hydrogen) atoms. The van der Waals surface area contributed by atoms with E-state index in [0.717, 1.165) is 0 Å². The SMILES string of the molecule is O=C(NCCCOc1ccccc1)OCC(F)(F)F. The normalized spacial score (nSPS) is 10.9. The minimum atomic E-state index is -4.51. The van der Waals surface area contributed by atoms with Crippen LogP contribution in [0.15, 0.2) is 30.3 Å². The zero-order valence-corrected chi connectivity index (χ0v) is 10.1. The third-order valence-electron chi connectivity index (χ3n) is 1.97. The lowest BCUT2D eigenvalue weighted by Gasteiger charge is -2.09. The molecule has 0 bridgehead atoms. The summed E-state index contributed by atoms with van der Waals surface area (Å²) >= 11 is 0. The van der Waals surface area contributed by atoms with Crippen molar-refractivity contribution in [1.29, 1.82) is 0 Å². The van der Waals surface area contributed by atoms with E-state index in [1.54, 1.807) is 12.1 Å². The van der Waals surface area contributed by atoms with Gasteiger partial charge in [-0.25, -0.2) is 4.79 Å². The van der Waals surface area contributed by atoms with Crippen molar-refractivity contribution in [2.75, 3.05) is 19.8 Å². The standard InChI is InChI=1S/C12H14F3NO3/c13-12(14,15)9-19-11(17)16-7-4-8-18-10-5-2-1-3-6-10/h1-3,5-6H,4,7-9H2,(H,16,17). The summed E-state index contributed by atoms with van der Waals surface area (Å²) in [5.74, 6) is 0.696. The van der Waals surface area contributed by atoms with Gasteiger partial charge in [0, 0.05) is 6.54 Å². The number of halogens is 3. The van der Waals surface area contributed by atoms with E-state index in [9.17, 15) is 18.0 Å². The second kappa shape index (κ2) is 7.50. The highest BCUT2D eigenvalue weighted by atomic mass is 19.4. The van der Waals surface area contributed by atoms with Crippen molar-refractivity contribution in [3.8, 4) is 5.75 Å². The summed E-state index contributed by atoms with van der Waals surface area (Å²) in [6.45, 7) is -1.05. The lowest BCUT2D eigenvalue weighted by Crippen LogP contribution is -2.30. The molecular weight excluding hydrogens is 263 g/mol. The second-order valence-electron chi connectivity index (χ2n) is 3.63. The number of alkyl carbamates (subject to hydrolysis) is 1. The van der Waals surface area contributed by atoms with Crippen molar-refractivity contribution >= 4 is 6.09 Å². The van der Waals surface area contributed by atoms with Crippen molar-refractivity contribution in [2.24, 2.45) is 0 Å². The highest BCUT2D eigenvalue weighted by molar-refractivity contribution is 5.67. The Kier molecular flexibility index (Phi) is 5.98. The van der Waals surface area contributed by atoms with Crippen LogP contribution in [0, 0.1) is 0 Å². The first kappa shape index (κ1) is 15.1. The van der Waals surface area contributed by atoms with E-state index in [2.05, 4.69) is 10.1 Å². The Balaban J connectivity index is 2.03. The van der Waals surface area contributed by atoms with Crippen molar-refractivity contribution in [3.63, 3.8) is 0 Å². The smallest absolute Gasteiger partial charge is 0.422 e. The van der Waals surface area contributed by atoms with Crippen LogP contribution in [0.4, 0.5) is 18.0 Å². The first-order valence-corrected chi connectivity index (χ1v) is 5.62. The molecule has 1 N–H and O–H groups in total. The van der Waals surface area contributed by atoms with Crippen LogP contribution in [0.3, 0.4) is 0 Å². The third-order valence-corrected chi connectivity index (χ3v) is 1.97. The van der Waals surface area contributed by atoms with E-state index in [1.807, 2.05) is 18.2 Å². The van der Waals surface area contributed by atoms with E-state index < -0.39 is 18.9 Å². The second-order valence-corrected chi connectivity index (χ2v) is 3.63. The molecule has 0 aliphatic rings. The molecule has 106 valence electrons. The highest BCUT2D eigenvalue weighted by Gasteiger charge is 2.29. The zero-order valence-electron chi connectivity index (χ0n) is 10.1. The quantitative estimate of drug-likeness (QED) is 0.813. The van der Waals surface area contributed by atoms with Crippen LogP contribution < -0.4 is 10.1 Å². The molecular formula is C12H14F3NO3. The van der Waals surface area contributed by atoms with E-state index in [4.69, 9.17) is 4.74 Å². The number of nitrogens with one attached hydrogen (secondary N) is 1. The molecule has 0 unspecified atom stereocenters. The summed E-state index contributed by atoms with van der Waals surface area (Å²) in [7, 11) is 0. The molecule has 0 spiro atoms. The number of para-hydroxylation sites is 1. The first-order chi connectivity index (χ1) is 8.97. The fourth-order valence-electron chi connectivity index (χ4n) is 1.17. The summed E-state index contributed by atoms with van der Waals surface area (Å²) in [5.41, 5.74) is 0. The number of hydrogen-bond acceptors (Lipinski definition) is 3.